The van der Waals surface area contributed by atoms with Crippen LogP contribution in [-0.2, 0) is 12.8 Å². The van der Waals surface area contributed by atoms with Gasteiger partial charge in [0.05, 0.1) is 0 Å². The van der Waals surface area contributed by atoms with E-state index in [1.807, 2.05) is 22.7 Å². The molecule has 0 fully saturated rings. The Hall–Kier alpha value is -1.84. The van der Waals surface area contributed by atoms with E-state index in [1.54, 1.807) is 0 Å². The van der Waals surface area contributed by atoms with Crippen LogP contribution in [0.1, 0.15) is 90.2 Å². The molecule has 2 heterocycles. The van der Waals surface area contributed by atoms with E-state index in [9.17, 15) is 0 Å². The Morgan fingerprint density at radius 2 is 1.02 bits per heavy atom. The first-order valence-corrected chi connectivity index (χ1v) is 18.5. The van der Waals surface area contributed by atoms with Crippen molar-refractivity contribution in [2.75, 3.05) is 0 Å². The van der Waals surface area contributed by atoms with Gasteiger partial charge in [0.2, 0.25) is 0 Å². The molecule has 222 valence electrons. The Labute approximate surface area is 271 Å². The van der Waals surface area contributed by atoms with E-state index in [1.165, 1.54) is 94.1 Å². The lowest BCUT2D eigenvalue weighted by molar-refractivity contribution is 0.450. The predicted octanol–water partition coefficient (Wildman–Crippen LogP) is 14.3. The smallest absolute Gasteiger partial charge is 0.0491 e. The fourth-order valence-electron chi connectivity index (χ4n) is 6.65. The van der Waals surface area contributed by atoms with Crippen molar-refractivity contribution >= 4 is 67.4 Å². The molecule has 0 bridgehead atoms. The van der Waals surface area contributed by atoms with E-state index in [0.29, 0.717) is 11.8 Å². The van der Waals surface area contributed by atoms with Crippen molar-refractivity contribution in [3.05, 3.63) is 80.5 Å². The molecule has 0 aliphatic carbocycles. The molecule has 3 aromatic carbocycles. The highest BCUT2D eigenvalue weighted by atomic mass is 35.5. The fraction of sp³-hybridized carbons (Fsp3) is 0.421. The molecule has 2 aromatic heterocycles. The number of benzene rings is 3. The highest BCUT2D eigenvalue weighted by Gasteiger charge is 2.25. The monoisotopic (exact) mass is 634 g/mol. The minimum atomic E-state index is 0.696. The quantitative estimate of drug-likeness (QED) is 0.107. The van der Waals surface area contributed by atoms with Crippen LogP contribution in [0.4, 0.5) is 0 Å². The fourth-order valence-corrected chi connectivity index (χ4v) is 9.19. The van der Waals surface area contributed by atoms with Crippen LogP contribution in [0.2, 0.25) is 10.0 Å². The highest BCUT2D eigenvalue weighted by molar-refractivity contribution is 7.14. The van der Waals surface area contributed by atoms with Crippen LogP contribution in [0, 0.1) is 11.8 Å². The highest BCUT2D eigenvalue weighted by Crippen LogP contribution is 2.51. The van der Waals surface area contributed by atoms with Gasteiger partial charge in [0.1, 0.15) is 0 Å². The summed E-state index contributed by atoms with van der Waals surface area (Å²) >= 11 is 18.1. The van der Waals surface area contributed by atoms with Crippen LogP contribution in [0.15, 0.2) is 59.3 Å². The van der Waals surface area contributed by atoms with Crippen LogP contribution < -0.4 is 0 Å². The van der Waals surface area contributed by atoms with Crippen molar-refractivity contribution in [2.45, 2.75) is 91.9 Å². The zero-order chi connectivity index (χ0) is 29.6. The van der Waals surface area contributed by atoms with Gasteiger partial charge in [-0.05, 0) is 81.6 Å². The van der Waals surface area contributed by atoms with Crippen molar-refractivity contribution in [3.8, 4) is 20.9 Å². The molecule has 0 saturated carbocycles. The van der Waals surface area contributed by atoms with E-state index >= 15 is 0 Å². The summed E-state index contributed by atoms with van der Waals surface area (Å²) in [5, 5.41) is 10.9. The normalized spacial score (nSPS) is 13.3. The van der Waals surface area contributed by atoms with E-state index in [2.05, 4.69) is 87.0 Å². The van der Waals surface area contributed by atoms with Crippen molar-refractivity contribution in [1.29, 1.82) is 0 Å². The van der Waals surface area contributed by atoms with Gasteiger partial charge in [0, 0.05) is 41.7 Å². The van der Waals surface area contributed by atoms with Crippen LogP contribution in [0.25, 0.3) is 42.4 Å². The second kappa shape index (κ2) is 14.8. The standard InChI is InChI=1S/C38H44Cl2S2/c1-5-9-13-25(7-3)23-27-19-21-41-37(27)35-29-15-11-18-32(40)34(29)36(30-16-12-17-31(39)33(30)35)38-28(20-22-42-38)24-26(8-4)14-10-6-2/h11-12,15-22,25-26H,5-10,13-14,23-24H2,1-4H3. The van der Waals surface area contributed by atoms with Crippen LogP contribution >= 0.6 is 45.9 Å². The van der Waals surface area contributed by atoms with Crippen LogP contribution in [0.3, 0.4) is 0 Å². The topological polar surface area (TPSA) is 0 Å². The van der Waals surface area contributed by atoms with Crippen molar-refractivity contribution in [1.82, 2.24) is 0 Å². The van der Waals surface area contributed by atoms with Gasteiger partial charge in [-0.1, -0.05) is 127 Å². The zero-order valence-electron chi connectivity index (χ0n) is 25.6. The number of rotatable bonds is 14. The number of halogens is 2. The Balaban J connectivity index is 1.75. The van der Waals surface area contributed by atoms with Crippen molar-refractivity contribution in [2.24, 2.45) is 11.8 Å². The number of hydrogen-bond donors (Lipinski definition) is 0. The molecule has 0 nitrogen and oxygen atoms in total. The molecular weight excluding hydrogens is 591 g/mol. The van der Waals surface area contributed by atoms with E-state index < -0.39 is 0 Å². The zero-order valence-corrected chi connectivity index (χ0v) is 28.7. The molecule has 5 rings (SSSR count). The average Bonchev–Trinajstić information content (AvgIpc) is 3.66. The molecule has 4 heteroatoms. The first kappa shape index (κ1) is 31.6. The Kier molecular flexibility index (Phi) is 11.1. The summed E-state index contributed by atoms with van der Waals surface area (Å²) in [5.74, 6) is 1.39. The second-order valence-corrected chi connectivity index (χ2v) is 14.5. The molecule has 0 aliphatic heterocycles. The molecule has 0 radical (unpaired) electrons. The van der Waals surface area contributed by atoms with Crippen LogP contribution in [-0.4, -0.2) is 0 Å². The number of unbranched alkanes of at least 4 members (excludes halogenated alkanes) is 2. The SMILES string of the molecule is CCCCC(CC)Cc1ccsc1-c1c2cccc(Cl)c2c(-c2sccc2CC(CC)CCCC)c2cccc(Cl)c12. The summed E-state index contributed by atoms with van der Waals surface area (Å²) in [6.45, 7) is 9.26. The van der Waals surface area contributed by atoms with Gasteiger partial charge in [-0.3, -0.25) is 0 Å². The summed E-state index contributed by atoms with van der Waals surface area (Å²) in [4.78, 5) is 2.69. The minimum absolute atomic E-state index is 0.696. The minimum Gasteiger partial charge on any atom is -0.143 e. The van der Waals surface area contributed by atoms with Crippen molar-refractivity contribution < 1.29 is 0 Å². The number of fused-ring (bicyclic) bond motifs is 2. The molecule has 42 heavy (non-hydrogen) atoms. The molecule has 5 aromatic rings. The Bertz CT molecular complexity index is 1500. The van der Waals surface area contributed by atoms with Gasteiger partial charge in [0.25, 0.3) is 0 Å². The maximum Gasteiger partial charge on any atom is 0.0491 e. The van der Waals surface area contributed by atoms with Crippen molar-refractivity contribution in [3.63, 3.8) is 0 Å². The van der Waals surface area contributed by atoms with E-state index in [0.717, 1.165) is 33.7 Å². The van der Waals surface area contributed by atoms with Gasteiger partial charge in [-0.15, -0.1) is 22.7 Å². The van der Waals surface area contributed by atoms with Gasteiger partial charge < -0.3 is 0 Å². The third-order valence-corrected chi connectivity index (χ3v) is 11.7. The maximum atomic E-state index is 7.19. The molecule has 0 aliphatic rings. The Morgan fingerprint density at radius 1 is 0.595 bits per heavy atom. The third kappa shape index (κ3) is 6.48. The molecule has 2 unspecified atom stereocenters. The summed E-state index contributed by atoms with van der Waals surface area (Å²) in [6, 6.07) is 17.6. The lowest BCUT2D eigenvalue weighted by Crippen LogP contribution is -2.04. The predicted molar refractivity (Wildman–Crippen MR) is 192 cm³/mol. The summed E-state index contributed by atoms with van der Waals surface area (Å²) < 4.78 is 0. The van der Waals surface area contributed by atoms with E-state index in [-0.39, 0.29) is 0 Å². The largest absolute Gasteiger partial charge is 0.143 e. The Morgan fingerprint density at radius 3 is 1.40 bits per heavy atom. The summed E-state index contributed by atoms with van der Waals surface area (Å²) in [7, 11) is 0. The summed E-state index contributed by atoms with van der Waals surface area (Å²) in [5.41, 5.74) is 5.38. The lowest BCUT2D eigenvalue weighted by atomic mass is 9.85. The molecular formula is C38H44Cl2S2. The molecule has 0 spiro atoms. The average molecular weight is 636 g/mol. The molecule has 0 saturated heterocycles. The van der Waals surface area contributed by atoms with Gasteiger partial charge in [-0.2, -0.15) is 0 Å². The number of hydrogen-bond acceptors (Lipinski definition) is 2. The van der Waals surface area contributed by atoms with Gasteiger partial charge >= 0.3 is 0 Å². The van der Waals surface area contributed by atoms with Gasteiger partial charge in [0.15, 0.2) is 0 Å². The van der Waals surface area contributed by atoms with Crippen LogP contribution in [0.5, 0.6) is 0 Å². The second-order valence-electron chi connectivity index (χ2n) is 11.9. The first-order chi connectivity index (χ1) is 20.5. The van der Waals surface area contributed by atoms with Gasteiger partial charge in [-0.25, -0.2) is 0 Å². The third-order valence-electron chi connectivity index (χ3n) is 9.12. The lowest BCUT2D eigenvalue weighted by Gasteiger charge is -2.21. The molecule has 2 atom stereocenters. The maximum absolute atomic E-state index is 7.19. The van der Waals surface area contributed by atoms with E-state index in [4.69, 9.17) is 23.2 Å². The molecule has 0 amide bonds. The number of thiophene rings is 2. The molecule has 0 N–H and O–H groups in total. The first-order valence-electron chi connectivity index (χ1n) is 16.0. The summed E-state index contributed by atoms with van der Waals surface area (Å²) in [6.07, 6.45) is 12.3.